The fourth-order valence-electron chi connectivity index (χ4n) is 5.07. The Labute approximate surface area is 238 Å². The van der Waals surface area contributed by atoms with Gasteiger partial charge in [-0.25, -0.2) is 14.8 Å². The van der Waals surface area contributed by atoms with Crippen molar-refractivity contribution in [3.63, 3.8) is 0 Å². The van der Waals surface area contributed by atoms with Crippen molar-refractivity contribution < 1.29 is 19.0 Å². The summed E-state index contributed by atoms with van der Waals surface area (Å²) in [4.78, 5) is 26.3. The van der Waals surface area contributed by atoms with E-state index in [1.807, 2.05) is 76.3 Å². The average molecular weight is 567 g/mol. The second kappa shape index (κ2) is 11.1. The first kappa shape index (κ1) is 27.9. The van der Waals surface area contributed by atoms with Gasteiger partial charge >= 0.3 is 6.09 Å². The molecule has 212 valence electrons. The lowest BCUT2D eigenvalue weighted by molar-refractivity contribution is 0.0191. The monoisotopic (exact) mass is 566 g/mol. The molecule has 0 radical (unpaired) electrons. The molecule has 1 aliphatic heterocycles. The number of pyridine rings is 2. The molecule has 1 saturated heterocycles. The number of carbonyl (C=O) groups is 1. The van der Waals surface area contributed by atoms with Crippen LogP contribution in [0.1, 0.15) is 34.1 Å². The molecule has 1 amide bonds. The van der Waals surface area contributed by atoms with Gasteiger partial charge in [-0.15, -0.1) is 0 Å². The molecule has 0 aliphatic carbocycles. The SMILES string of the molecule is CCN(C(=O)OC(C)(C)C)[C@@H]1CCN(c2cnc3nc(-c4cc5cn(C)nc5cc4OCOC)cc(Cl)c3c2)C1. The second-order valence-electron chi connectivity index (χ2n) is 11.0. The van der Waals surface area contributed by atoms with Crippen molar-refractivity contribution in [1.29, 1.82) is 0 Å². The van der Waals surface area contributed by atoms with Gasteiger partial charge in [-0.05, 0) is 52.3 Å². The maximum Gasteiger partial charge on any atom is 0.410 e. The predicted octanol–water partition coefficient (Wildman–Crippen LogP) is 5.66. The van der Waals surface area contributed by atoms with Crippen molar-refractivity contribution in [2.45, 2.75) is 45.8 Å². The third kappa shape index (κ3) is 5.78. The van der Waals surface area contributed by atoms with Gasteiger partial charge in [0.1, 0.15) is 11.4 Å². The quantitative estimate of drug-likeness (QED) is 0.265. The van der Waals surface area contributed by atoms with E-state index in [-0.39, 0.29) is 18.9 Å². The lowest BCUT2D eigenvalue weighted by atomic mass is 10.1. The molecule has 0 bridgehead atoms. The van der Waals surface area contributed by atoms with Crippen molar-refractivity contribution in [3.8, 4) is 17.0 Å². The number of halogens is 1. The minimum Gasteiger partial charge on any atom is -0.467 e. The Kier molecular flexibility index (Phi) is 7.74. The first-order valence-corrected chi connectivity index (χ1v) is 13.7. The van der Waals surface area contributed by atoms with Crippen LogP contribution in [-0.4, -0.2) is 75.9 Å². The Balaban J connectivity index is 1.42. The van der Waals surface area contributed by atoms with Gasteiger partial charge < -0.3 is 24.0 Å². The third-order valence-electron chi connectivity index (χ3n) is 6.87. The summed E-state index contributed by atoms with van der Waals surface area (Å²) in [7, 11) is 3.45. The summed E-state index contributed by atoms with van der Waals surface area (Å²) < 4.78 is 18.4. The fraction of sp³-hybridized carbons (Fsp3) is 0.448. The molecule has 1 aromatic carbocycles. The highest BCUT2D eigenvalue weighted by atomic mass is 35.5. The second-order valence-corrected chi connectivity index (χ2v) is 11.4. The van der Waals surface area contributed by atoms with E-state index in [1.165, 1.54) is 0 Å². The van der Waals surface area contributed by atoms with Crippen LogP contribution in [0.4, 0.5) is 10.5 Å². The van der Waals surface area contributed by atoms with E-state index in [1.54, 1.807) is 11.8 Å². The van der Waals surface area contributed by atoms with Gasteiger partial charge in [0.2, 0.25) is 0 Å². The molecule has 0 N–H and O–H groups in total. The summed E-state index contributed by atoms with van der Waals surface area (Å²) in [5.41, 5.74) is 3.17. The number of nitrogens with zero attached hydrogens (tertiary/aromatic N) is 6. The van der Waals surface area contributed by atoms with Gasteiger partial charge in [-0.2, -0.15) is 5.10 Å². The number of ether oxygens (including phenoxy) is 3. The van der Waals surface area contributed by atoms with Crippen LogP contribution in [0.25, 0.3) is 33.2 Å². The summed E-state index contributed by atoms with van der Waals surface area (Å²) in [6.07, 6.45) is 4.32. The summed E-state index contributed by atoms with van der Waals surface area (Å²) in [6, 6.07) is 7.77. The van der Waals surface area contributed by atoms with Crippen LogP contribution in [0.3, 0.4) is 0 Å². The number of benzene rings is 1. The normalized spacial score (nSPS) is 15.7. The Morgan fingerprint density at radius 3 is 2.75 bits per heavy atom. The molecule has 0 unspecified atom stereocenters. The lowest BCUT2D eigenvalue weighted by Gasteiger charge is -2.31. The Hall–Kier alpha value is -3.63. The third-order valence-corrected chi connectivity index (χ3v) is 7.18. The van der Waals surface area contributed by atoms with E-state index in [2.05, 4.69) is 15.0 Å². The smallest absolute Gasteiger partial charge is 0.410 e. The van der Waals surface area contributed by atoms with Crippen LogP contribution in [0.2, 0.25) is 5.02 Å². The average Bonchev–Trinajstić information content (AvgIpc) is 3.52. The number of hydrogen-bond acceptors (Lipinski definition) is 8. The number of anilines is 1. The van der Waals surface area contributed by atoms with E-state index in [4.69, 9.17) is 30.8 Å². The van der Waals surface area contributed by atoms with Crippen LogP contribution < -0.4 is 9.64 Å². The molecule has 3 aromatic heterocycles. The van der Waals surface area contributed by atoms with Gasteiger partial charge in [0, 0.05) is 62.4 Å². The summed E-state index contributed by atoms with van der Waals surface area (Å²) in [5.74, 6) is 0.598. The molecule has 1 aliphatic rings. The maximum atomic E-state index is 12.8. The molecular formula is C29H35ClN6O4. The number of carbonyl (C=O) groups excluding carboxylic acids is 1. The van der Waals surface area contributed by atoms with Gasteiger partial charge in [-0.1, -0.05) is 11.6 Å². The molecule has 5 rings (SSSR count). The van der Waals surface area contributed by atoms with Gasteiger partial charge in [0.05, 0.1) is 34.2 Å². The van der Waals surface area contributed by atoms with E-state index in [0.29, 0.717) is 35.2 Å². The molecule has 10 nitrogen and oxygen atoms in total. The number of hydrogen-bond donors (Lipinski definition) is 0. The first-order valence-electron chi connectivity index (χ1n) is 13.4. The Morgan fingerprint density at radius 1 is 1.23 bits per heavy atom. The number of likely N-dealkylation sites (N-methyl/N-ethyl adjacent to an activating group) is 1. The summed E-state index contributed by atoms with van der Waals surface area (Å²) in [6.45, 7) is 9.79. The van der Waals surface area contributed by atoms with E-state index in [0.717, 1.165) is 40.5 Å². The minimum atomic E-state index is -0.534. The maximum absolute atomic E-state index is 12.8. The Morgan fingerprint density at radius 2 is 2.02 bits per heavy atom. The highest BCUT2D eigenvalue weighted by Crippen LogP contribution is 2.37. The number of aromatic nitrogens is 4. The van der Waals surface area contributed by atoms with Crippen molar-refractivity contribution in [2.75, 3.05) is 38.4 Å². The van der Waals surface area contributed by atoms with E-state index >= 15 is 0 Å². The van der Waals surface area contributed by atoms with Crippen molar-refractivity contribution >= 4 is 45.3 Å². The number of amides is 1. The van der Waals surface area contributed by atoms with Crippen LogP contribution >= 0.6 is 11.6 Å². The summed E-state index contributed by atoms with van der Waals surface area (Å²) >= 11 is 6.82. The zero-order chi connectivity index (χ0) is 28.6. The molecule has 0 spiro atoms. The molecule has 1 atom stereocenters. The van der Waals surface area contributed by atoms with Crippen LogP contribution in [0, 0.1) is 0 Å². The van der Waals surface area contributed by atoms with Gasteiger partial charge in [0.25, 0.3) is 0 Å². The number of methoxy groups -OCH3 is 1. The van der Waals surface area contributed by atoms with E-state index in [9.17, 15) is 4.79 Å². The lowest BCUT2D eigenvalue weighted by Crippen LogP contribution is -2.44. The fourth-order valence-corrected chi connectivity index (χ4v) is 5.31. The topological polar surface area (TPSA) is 94.8 Å². The minimum absolute atomic E-state index is 0.0550. The Bertz CT molecular complexity index is 1550. The zero-order valence-electron chi connectivity index (χ0n) is 23.8. The van der Waals surface area contributed by atoms with Crippen LogP contribution in [0.15, 0.2) is 36.7 Å². The van der Waals surface area contributed by atoms with Gasteiger partial charge in [0.15, 0.2) is 12.4 Å². The van der Waals surface area contributed by atoms with Crippen LogP contribution in [0.5, 0.6) is 5.75 Å². The molecule has 4 aromatic rings. The van der Waals surface area contributed by atoms with Crippen molar-refractivity contribution in [2.24, 2.45) is 7.05 Å². The zero-order valence-corrected chi connectivity index (χ0v) is 24.5. The molecular weight excluding hydrogens is 532 g/mol. The molecule has 40 heavy (non-hydrogen) atoms. The predicted molar refractivity (Wildman–Crippen MR) is 156 cm³/mol. The molecule has 4 heterocycles. The molecule has 1 fully saturated rings. The highest BCUT2D eigenvalue weighted by molar-refractivity contribution is 6.35. The van der Waals surface area contributed by atoms with E-state index < -0.39 is 5.60 Å². The largest absolute Gasteiger partial charge is 0.467 e. The first-order chi connectivity index (χ1) is 19.1. The molecule has 0 saturated carbocycles. The highest BCUT2D eigenvalue weighted by Gasteiger charge is 2.33. The van der Waals surface area contributed by atoms with Gasteiger partial charge in [-0.3, -0.25) is 4.68 Å². The van der Waals surface area contributed by atoms with Crippen LogP contribution in [-0.2, 0) is 16.5 Å². The van der Waals surface area contributed by atoms with Crippen molar-refractivity contribution in [3.05, 3.63) is 41.7 Å². The number of fused-ring (bicyclic) bond motifs is 2. The standard InChI is InChI=1S/C29H35ClN6O4/c1-7-36(28(37)40-29(2,3)4)19-8-9-35(16-19)20-11-21-23(30)12-25(32-27(21)31-14-20)22-10-18-15-34(5)33-24(18)13-26(22)39-17-38-6/h10-15,19H,7-9,16-17H2,1-6H3/t19-/m1/s1. The number of aryl methyl sites for hydroxylation is 1. The molecule has 11 heteroatoms. The number of rotatable bonds is 7. The summed E-state index contributed by atoms with van der Waals surface area (Å²) in [5, 5.41) is 6.74. The van der Waals surface area contributed by atoms with Crippen molar-refractivity contribution in [1.82, 2.24) is 24.6 Å².